The monoisotopic (exact) mass is 349 g/mol. The van der Waals surface area contributed by atoms with Gasteiger partial charge in [0, 0.05) is 30.7 Å². The summed E-state index contributed by atoms with van der Waals surface area (Å²) in [5, 5.41) is 0. The maximum atomic E-state index is 12.2. The van der Waals surface area contributed by atoms with Gasteiger partial charge in [0.2, 0.25) is 10.0 Å². The maximum absolute atomic E-state index is 12.2. The molecule has 0 saturated carbocycles. The zero-order valence-electron chi connectivity index (χ0n) is 13.8. The number of nitrogens with zero attached hydrogens (tertiary/aromatic N) is 2. The molecule has 1 fully saturated rings. The molecule has 1 aromatic carbocycles. The Morgan fingerprint density at radius 2 is 2.17 bits per heavy atom. The molecule has 2 heterocycles. The number of nitrogens with one attached hydrogen (secondary N) is 1. The van der Waals surface area contributed by atoms with Crippen LogP contribution in [-0.4, -0.2) is 36.4 Å². The highest BCUT2D eigenvalue weighted by Gasteiger charge is 2.21. The fraction of sp³-hybridized carbons (Fsp3) is 0.471. The van der Waals surface area contributed by atoms with E-state index >= 15 is 0 Å². The highest BCUT2D eigenvalue weighted by atomic mass is 32.2. The van der Waals surface area contributed by atoms with E-state index in [1.165, 1.54) is 0 Å². The predicted molar refractivity (Wildman–Crippen MR) is 92.5 cm³/mol. The molecule has 1 aromatic heterocycles. The van der Waals surface area contributed by atoms with Crippen LogP contribution in [0.3, 0.4) is 0 Å². The molecule has 6 nitrogen and oxygen atoms in total. The molecule has 1 aliphatic heterocycles. The third-order valence-corrected chi connectivity index (χ3v) is 5.77. The zero-order chi connectivity index (χ0) is 17.0. The van der Waals surface area contributed by atoms with E-state index < -0.39 is 10.0 Å². The molecule has 1 aliphatic rings. The van der Waals surface area contributed by atoms with E-state index in [-0.39, 0.29) is 17.9 Å². The number of sulfonamides is 1. The second-order valence-electron chi connectivity index (χ2n) is 6.14. The van der Waals surface area contributed by atoms with Crippen molar-refractivity contribution in [1.82, 2.24) is 14.3 Å². The summed E-state index contributed by atoms with van der Waals surface area (Å²) in [5.74, 6) is 0.106. The number of hydrogen-bond donors (Lipinski definition) is 1. The Hall–Kier alpha value is -1.70. The van der Waals surface area contributed by atoms with Crippen LogP contribution in [0.15, 0.2) is 43.0 Å². The zero-order valence-corrected chi connectivity index (χ0v) is 14.6. The first-order chi connectivity index (χ1) is 11.5. The van der Waals surface area contributed by atoms with Crippen LogP contribution in [0.4, 0.5) is 0 Å². The van der Waals surface area contributed by atoms with Gasteiger partial charge in [-0.3, -0.25) is 0 Å². The van der Waals surface area contributed by atoms with Gasteiger partial charge in [-0.15, -0.1) is 0 Å². The molecule has 130 valence electrons. The first-order valence-electron chi connectivity index (χ1n) is 8.23. The van der Waals surface area contributed by atoms with E-state index in [4.69, 9.17) is 4.74 Å². The van der Waals surface area contributed by atoms with Crippen molar-refractivity contribution < 1.29 is 13.2 Å². The van der Waals surface area contributed by atoms with Gasteiger partial charge in [0.05, 0.1) is 18.2 Å². The molecule has 0 unspecified atom stereocenters. The van der Waals surface area contributed by atoms with Crippen LogP contribution >= 0.6 is 0 Å². The number of aromatic nitrogens is 2. The Labute approximate surface area is 142 Å². The quantitative estimate of drug-likeness (QED) is 0.833. The molecule has 1 saturated heterocycles. The van der Waals surface area contributed by atoms with Crippen LogP contribution in [-0.2, 0) is 14.8 Å². The van der Waals surface area contributed by atoms with Gasteiger partial charge in [-0.05, 0) is 43.9 Å². The van der Waals surface area contributed by atoms with Crippen molar-refractivity contribution in [2.24, 2.45) is 0 Å². The van der Waals surface area contributed by atoms with Crippen molar-refractivity contribution in [2.45, 2.75) is 38.3 Å². The van der Waals surface area contributed by atoms with Gasteiger partial charge in [-0.1, -0.05) is 12.1 Å². The standard InChI is InChI=1S/C17H23N3O3S/c1-14(19-24(21,22)12-8-17-3-2-11-23-17)15-4-6-16(7-5-15)20-10-9-18-13-20/h4-7,9-10,13-14,17,19H,2-3,8,11-12H2,1H3/t14-,17-/m1/s1. The lowest BCUT2D eigenvalue weighted by Gasteiger charge is -2.16. The lowest BCUT2D eigenvalue weighted by atomic mass is 10.1. The Kier molecular flexibility index (Phi) is 5.33. The highest BCUT2D eigenvalue weighted by molar-refractivity contribution is 7.89. The van der Waals surface area contributed by atoms with E-state index in [1.54, 1.807) is 12.5 Å². The van der Waals surface area contributed by atoms with Gasteiger partial charge in [0.1, 0.15) is 0 Å². The summed E-state index contributed by atoms with van der Waals surface area (Å²) in [6.45, 7) is 2.60. The van der Waals surface area contributed by atoms with Gasteiger partial charge >= 0.3 is 0 Å². The molecule has 3 rings (SSSR count). The minimum atomic E-state index is -3.31. The summed E-state index contributed by atoms with van der Waals surface area (Å²) in [4.78, 5) is 4.02. The van der Waals surface area contributed by atoms with Crippen molar-refractivity contribution in [3.05, 3.63) is 48.5 Å². The summed E-state index contributed by atoms with van der Waals surface area (Å²) >= 11 is 0. The molecule has 24 heavy (non-hydrogen) atoms. The first-order valence-corrected chi connectivity index (χ1v) is 9.89. The largest absolute Gasteiger partial charge is 0.378 e. The molecular weight excluding hydrogens is 326 g/mol. The van der Waals surface area contributed by atoms with Crippen LogP contribution < -0.4 is 4.72 Å². The molecule has 1 N–H and O–H groups in total. The summed E-state index contributed by atoms with van der Waals surface area (Å²) in [5.41, 5.74) is 1.92. The number of imidazole rings is 1. The van der Waals surface area contributed by atoms with E-state index in [2.05, 4.69) is 9.71 Å². The van der Waals surface area contributed by atoms with Crippen LogP contribution in [0.5, 0.6) is 0 Å². The van der Waals surface area contributed by atoms with Crippen molar-refractivity contribution in [3.63, 3.8) is 0 Å². The molecule has 2 atom stereocenters. The molecule has 2 aromatic rings. The third kappa shape index (κ3) is 4.43. The van der Waals surface area contributed by atoms with E-state index in [9.17, 15) is 8.42 Å². The molecule has 0 bridgehead atoms. The average Bonchev–Trinajstić information content (AvgIpc) is 3.26. The Bertz CT molecular complexity index is 736. The van der Waals surface area contributed by atoms with Crippen LogP contribution in [0.2, 0.25) is 0 Å². The van der Waals surface area contributed by atoms with Crippen molar-refractivity contribution in [3.8, 4) is 5.69 Å². The first kappa shape index (κ1) is 17.1. The van der Waals surface area contributed by atoms with Crippen molar-refractivity contribution in [1.29, 1.82) is 0 Å². The number of rotatable bonds is 7. The van der Waals surface area contributed by atoms with Gasteiger partial charge in [-0.25, -0.2) is 18.1 Å². The third-order valence-electron chi connectivity index (χ3n) is 4.28. The summed E-state index contributed by atoms with van der Waals surface area (Å²) < 4.78 is 34.6. The van der Waals surface area contributed by atoms with Crippen LogP contribution in [0, 0.1) is 0 Å². The average molecular weight is 349 g/mol. The molecule has 0 amide bonds. The lowest BCUT2D eigenvalue weighted by molar-refractivity contribution is 0.108. The normalized spacial score (nSPS) is 19.5. The van der Waals surface area contributed by atoms with Gasteiger partial charge < -0.3 is 9.30 Å². The minimum absolute atomic E-state index is 0.0892. The second kappa shape index (κ2) is 7.46. The van der Waals surface area contributed by atoms with Crippen LogP contribution in [0.25, 0.3) is 5.69 Å². The highest BCUT2D eigenvalue weighted by Crippen LogP contribution is 2.19. The smallest absolute Gasteiger partial charge is 0.212 e. The summed E-state index contributed by atoms with van der Waals surface area (Å²) in [7, 11) is -3.31. The van der Waals surface area contributed by atoms with Gasteiger partial charge in [0.15, 0.2) is 0 Å². The van der Waals surface area contributed by atoms with E-state index in [0.29, 0.717) is 6.42 Å². The molecular formula is C17H23N3O3S. The fourth-order valence-corrected chi connectivity index (χ4v) is 4.27. The second-order valence-corrected chi connectivity index (χ2v) is 8.02. The van der Waals surface area contributed by atoms with E-state index in [0.717, 1.165) is 30.7 Å². The van der Waals surface area contributed by atoms with Crippen molar-refractivity contribution >= 4 is 10.0 Å². The lowest BCUT2D eigenvalue weighted by Crippen LogP contribution is -2.30. The molecule has 0 aliphatic carbocycles. The minimum Gasteiger partial charge on any atom is -0.378 e. The maximum Gasteiger partial charge on any atom is 0.212 e. The van der Waals surface area contributed by atoms with Gasteiger partial charge in [-0.2, -0.15) is 0 Å². The Morgan fingerprint density at radius 1 is 1.38 bits per heavy atom. The Balaban J connectivity index is 1.58. The molecule has 7 heteroatoms. The van der Waals surface area contributed by atoms with Gasteiger partial charge in [0.25, 0.3) is 0 Å². The summed E-state index contributed by atoms with van der Waals surface area (Å²) in [6.07, 6.45) is 7.95. The van der Waals surface area contributed by atoms with Crippen molar-refractivity contribution in [2.75, 3.05) is 12.4 Å². The summed E-state index contributed by atoms with van der Waals surface area (Å²) in [6, 6.07) is 7.50. The Morgan fingerprint density at radius 3 is 2.79 bits per heavy atom. The predicted octanol–water partition coefficient (Wildman–Crippen LogP) is 2.42. The molecule has 0 radical (unpaired) electrons. The molecule has 0 spiro atoms. The van der Waals surface area contributed by atoms with Crippen LogP contribution in [0.1, 0.15) is 37.8 Å². The number of benzene rings is 1. The number of hydrogen-bond acceptors (Lipinski definition) is 4. The number of ether oxygens (including phenoxy) is 1. The SMILES string of the molecule is C[C@@H](NS(=O)(=O)CC[C@H]1CCCO1)c1ccc(-n2ccnc2)cc1. The fourth-order valence-electron chi connectivity index (χ4n) is 2.90. The topological polar surface area (TPSA) is 73.2 Å². The van der Waals surface area contributed by atoms with E-state index in [1.807, 2.05) is 42.0 Å².